The summed E-state index contributed by atoms with van der Waals surface area (Å²) < 4.78 is 7.57. The van der Waals surface area contributed by atoms with Crippen molar-refractivity contribution < 1.29 is 9.32 Å². The fourth-order valence-electron chi connectivity index (χ4n) is 7.09. The largest absolute Gasteiger partial charge is 0.361 e. The van der Waals surface area contributed by atoms with Crippen molar-refractivity contribution in [2.24, 2.45) is 10.8 Å². The first-order chi connectivity index (χ1) is 16.5. The van der Waals surface area contributed by atoms with Crippen LogP contribution in [0.1, 0.15) is 79.2 Å². The Labute approximate surface area is 199 Å². The number of urea groups is 1. The molecule has 6 fully saturated rings. The van der Waals surface area contributed by atoms with E-state index in [4.69, 9.17) is 9.62 Å². The summed E-state index contributed by atoms with van der Waals surface area (Å²) >= 11 is 0. The van der Waals surface area contributed by atoms with Gasteiger partial charge in [0.15, 0.2) is 5.82 Å². The van der Waals surface area contributed by atoms with Crippen LogP contribution in [0.2, 0.25) is 0 Å². The quantitative estimate of drug-likeness (QED) is 0.678. The monoisotopic (exact) mass is 463 g/mol. The van der Waals surface area contributed by atoms with Crippen molar-refractivity contribution in [1.29, 1.82) is 0 Å². The van der Waals surface area contributed by atoms with Gasteiger partial charge in [-0.15, -0.1) is 0 Å². The molecule has 0 aromatic carbocycles. The lowest BCUT2D eigenvalue weighted by molar-refractivity contribution is -0.120. The van der Waals surface area contributed by atoms with E-state index in [1.165, 1.54) is 36.9 Å². The number of nitrogens with zero attached hydrogens (tertiary/aromatic N) is 7. The fraction of sp³-hybridized carbons (Fsp3) is 0.760. The van der Waals surface area contributed by atoms with E-state index >= 15 is 0 Å². The summed E-state index contributed by atoms with van der Waals surface area (Å²) in [7, 11) is 0. The molecule has 3 aliphatic heterocycles. The van der Waals surface area contributed by atoms with Gasteiger partial charge in [-0.1, -0.05) is 5.16 Å². The second-order valence-corrected chi connectivity index (χ2v) is 12.4. The zero-order chi connectivity index (χ0) is 22.7. The molecular formula is C25H33N7O2. The van der Waals surface area contributed by atoms with Gasteiger partial charge in [0, 0.05) is 74.0 Å². The molecule has 2 spiro atoms. The molecule has 8 rings (SSSR count). The molecule has 2 aromatic rings. The highest BCUT2D eigenvalue weighted by atomic mass is 16.5. The van der Waals surface area contributed by atoms with Crippen LogP contribution in [0.3, 0.4) is 0 Å². The van der Waals surface area contributed by atoms with Crippen LogP contribution in [0.5, 0.6) is 0 Å². The van der Waals surface area contributed by atoms with E-state index in [0.29, 0.717) is 28.7 Å². The van der Waals surface area contributed by atoms with E-state index in [2.05, 4.69) is 29.5 Å². The van der Waals surface area contributed by atoms with Crippen molar-refractivity contribution >= 4 is 6.03 Å². The van der Waals surface area contributed by atoms with Crippen molar-refractivity contribution in [1.82, 2.24) is 34.6 Å². The van der Waals surface area contributed by atoms with E-state index in [9.17, 15) is 4.79 Å². The molecule has 9 nitrogen and oxygen atoms in total. The van der Waals surface area contributed by atoms with Crippen LogP contribution in [-0.4, -0.2) is 79.9 Å². The number of aryl methyl sites for hydroxylation is 1. The molecule has 0 bridgehead atoms. The number of hydrogen-bond donors (Lipinski definition) is 0. The Balaban J connectivity index is 0.799. The maximum atomic E-state index is 13.0. The SMILES string of the molecule is Cc1onc(C2CC2)c1CN1CC2(C1)CN(C(=O)N1CC3(CC(n4cnc(C5CC5)n4)C3)C1)C2. The maximum absolute atomic E-state index is 13.0. The lowest BCUT2D eigenvalue weighted by Crippen LogP contribution is -2.75. The summed E-state index contributed by atoms with van der Waals surface area (Å²) in [6.45, 7) is 8.80. The van der Waals surface area contributed by atoms with Crippen LogP contribution < -0.4 is 0 Å². The van der Waals surface area contributed by atoms with Crippen molar-refractivity contribution in [2.75, 3.05) is 39.3 Å². The van der Waals surface area contributed by atoms with E-state index in [0.717, 1.165) is 70.2 Å². The van der Waals surface area contributed by atoms with E-state index < -0.39 is 0 Å². The van der Waals surface area contributed by atoms with Crippen LogP contribution in [-0.2, 0) is 6.54 Å². The topological polar surface area (TPSA) is 83.5 Å². The normalized spacial score (nSPS) is 27.4. The Morgan fingerprint density at radius 2 is 1.68 bits per heavy atom. The van der Waals surface area contributed by atoms with Crippen LogP contribution in [0.15, 0.2) is 10.9 Å². The molecule has 2 aromatic heterocycles. The van der Waals surface area contributed by atoms with E-state index in [-0.39, 0.29) is 6.03 Å². The van der Waals surface area contributed by atoms with Crippen LogP contribution in [0.25, 0.3) is 0 Å². The number of amides is 2. The van der Waals surface area contributed by atoms with Gasteiger partial charge in [0.1, 0.15) is 12.1 Å². The molecule has 2 amide bonds. The molecule has 0 unspecified atom stereocenters. The van der Waals surface area contributed by atoms with Crippen LogP contribution in [0, 0.1) is 17.8 Å². The molecule has 9 heteroatoms. The molecule has 0 atom stereocenters. The minimum atomic E-state index is 0.251. The molecular weight excluding hydrogens is 430 g/mol. The molecule has 3 aliphatic carbocycles. The third-order valence-electron chi connectivity index (χ3n) is 9.31. The number of carbonyl (C=O) groups excluding carboxylic acids is 1. The summed E-state index contributed by atoms with van der Waals surface area (Å²) in [6, 6.07) is 0.723. The first kappa shape index (κ1) is 19.8. The number of aromatic nitrogens is 4. The zero-order valence-corrected chi connectivity index (χ0v) is 19.9. The van der Waals surface area contributed by atoms with E-state index in [1.54, 1.807) is 0 Å². The van der Waals surface area contributed by atoms with Gasteiger partial charge < -0.3 is 14.3 Å². The Morgan fingerprint density at radius 3 is 2.35 bits per heavy atom. The molecule has 180 valence electrons. The fourth-order valence-corrected chi connectivity index (χ4v) is 7.09. The van der Waals surface area contributed by atoms with Gasteiger partial charge in [-0.05, 0) is 45.4 Å². The highest BCUT2D eigenvalue weighted by molar-refractivity contribution is 5.77. The molecule has 6 aliphatic rings. The predicted molar refractivity (Wildman–Crippen MR) is 122 cm³/mol. The average Bonchev–Trinajstić information content (AvgIpc) is 3.64. The summed E-state index contributed by atoms with van der Waals surface area (Å²) in [5.41, 5.74) is 3.15. The predicted octanol–water partition coefficient (Wildman–Crippen LogP) is 2.90. The molecule has 3 saturated carbocycles. The second kappa shape index (κ2) is 6.62. The van der Waals surface area contributed by atoms with Crippen LogP contribution in [0.4, 0.5) is 4.79 Å². The highest BCUT2D eigenvalue weighted by Gasteiger charge is 2.58. The Morgan fingerprint density at radius 1 is 1.00 bits per heavy atom. The molecule has 5 heterocycles. The van der Waals surface area contributed by atoms with Crippen LogP contribution >= 0.6 is 0 Å². The molecule has 3 saturated heterocycles. The minimum absolute atomic E-state index is 0.251. The first-order valence-corrected chi connectivity index (χ1v) is 13.1. The Hall–Kier alpha value is -2.42. The zero-order valence-electron chi connectivity index (χ0n) is 19.9. The van der Waals surface area contributed by atoms with Gasteiger partial charge in [0.2, 0.25) is 0 Å². The standard InChI is InChI=1S/C25H33N7O2/c1-16-20(21(28-34-16)17-2-3-17)8-29-9-25(10-29)13-31(14-25)23(33)30-11-24(12-30)6-19(7-24)32-15-26-22(27-32)18-4-5-18/h15,17-19H,2-14H2,1H3. The van der Waals surface area contributed by atoms with Crippen molar-refractivity contribution in [3.63, 3.8) is 0 Å². The lowest BCUT2D eigenvalue weighted by atomic mass is 9.60. The summed E-state index contributed by atoms with van der Waals surface area (Å²) in [5, 5.41) is 9.03. The van der Waals surface area contributed by atoms with Crippen molar-refractivity contribution in [3.05, 3.63) is 29.2 Å². The Bertz CT molecular complexity index is 1130. The highest BCUT2D eigenvalue weighted by Crippen LogP contribution is 2.54. The smallest absolute Gasteiger partial charge is 0.320 e. The summed E-state index contributed by atoms with van der Waals surface area (Å²) in [4.78, 5) is 24.1. The van der Waals surface area contributed by atoms with Gasteiger partial charge in [0.25, 0.3) is 0 Å². The van der Waals surface area contributed by atoms with Gasteiger partial charge >= 0.3 is 6.03 Å². The third kappa shape index (κ3) is 3.01. The Kier molecular flexibility index (Phi) is 3.86. The average molecular weight is 464 g/mol. The lowest BCUT2D eigenvalue weighted by Gasteiger charge is -2.63. The second-order valence-electron chi connectivity index (χ2n) is 12.4. The maximum Gasteiger partial charge on any atom is 0.320 e. The molecule has 34 heavy (non-hydrogen) atoms. The van der Waals surface area contributed by atoms with E-state index in [1.807, 2.05) is 13.3 Å². The first-order valence-electron chi connectivity index (χ1n) is 13.1. The third-order valence-corrected chi connectivity index (χ3v) is 9.31. The summed E-state index contributed by atoms with van der Waals surface area (Å²) in [6.07, 6.45) is 9.18. The van der Waals surface area contributed by atoms with Gasteiger partial charge in [-0.25, -0.2) is 14.5 Å². The number of carbonyl (C=O) groups is 1. The summed E-state index contributed by atoms with van der Waals surface area (Å²) in [5.74, 6) is 3.25. The number of hydrogen-bond acceptors (Lipinski definition) is 6. The number of rotatable bonds is 5. The molecule has 0 radical (unpaired) electrons. The molecule has 0 N–H and O–H groups in total. The number of likely N-dealkylation sites (tertiary alicyclic amines) is 3. The van der Waals surface area contributed by atoms with Gasteiger partial charge in [-0.2, -0.15) is 5.10 Å². The minimum Gasteiger partial charge on any atom is -0.361 e. The van der Waals surface area contributed by atoms with Crippen molar-refractivity contribution in [2.45, 2.75) is 69.9 Å². The van der Waals surface area contributed by atoms with Crippen molar-refractivity contribution in [3.8, 4) is 0 Å². The van der Waals surface area contributed by atoms with Gasteiger partial charge in [0.05, 0.1) is 11.7 Å². The van der Waals surface area contributed by atoms with Gasteiger partial charge in [-0.3, -0.25) is 4.90 Å².